The zero-order chi connectivity index (χ0) is 32.7. The molecule has 7 nitrogen and oxygen atoms in total. The van der Waals surface area contributed by atoms with Gasteiger partial charge in [0.25, 0.3) is 10.0 Å². The molecule has 4 aromatic rings. The first-order chi connectivity index (χ1) is 22.1. The minimum Gasteiger partial charge on any atom is -0.352 e. The van der Waals surface area contributed by atoms with Crippen LogP contribution < -0.4 is 9.62 Å². The van der Waals surface area contributed by atoms with E-state index >= 15 is 4.39 Å². The molecule has 4 aromatic carbocycles. The van der Waals surface area contributed by atoms with Crippen molar-refractivity contribution >= 4 is 50.7 Å². The van der Waals surface area contributed by atoms with Gasteiger partial charge in [0.1, 0.15) is 18.4 Å². The van der Waals surface area contributed by atoms with Gasteiger partial charge in [-0.3, -0.25) is 13.9 Å². The number of amides is 2. The molecule has 1 fully saturated rings. The first kappa shape index (κ1) is 33.4. The van der Waals surface area contributed by atoms with Gasteiger partial charge < -0.3 is 10.2 Å². The maximum absolute atomic E-state index is 15.1. The minimum atomic E-state index is -4.33. The standard InChI is InChI=1S/C35H34Cl2FN3O4S/c36-27-17-19-31(20-18-27)46(44,45)41(30-15-8-12-28(37)22-30)24-34(42)40(23-26-11-4-7-16-32(26)38)33(21-25-9-2-1-3-10-25)35(43)39-29-13-5-6-14-29/h1-4,7-12,15-20,22,29,33H,5-6,13-14,21,23-24H2,(H,39,43)/t33-/m1/s1. The summed E-state index contributed by atoms with van der Waals surface area (Å²) in [7, 11) is -4.33. The number of hydrogen-bond donors (Lipinski definition) is 1. The highest BCUT2D eigenvalue weighted by Crippen LogP contribution is 2.28. The number of carbonyl (C=O) groups is 2. The van der Waals surface area contributed by atoms with Crippen molar-refractivity contribution in [2.75, 3.05) is 10.8 Å². The molecule has 0 saturated heterocycles. The van der Waals surface area contributed by atoms with Crippen LogP contribution in [0.5, 0.6) is 0 Å². The number of sulfonamides is 1. The van der Waals surface area contributed by atoms with Gasteiger partial charge in [-0.15, -0.1) is 0 Å². The quantitative estimate of drug-likeness (QED) is 0.174. The minimum absolute atomic E-state index is 0.0376. The van der Waals surface area contributed by atoms with E-state index < -0.39 is 34.3 Å². The van der Waals surface area contributed by atoms with Gasteiger partial charge in [0.05, 0.1) is 10.6 Å². The normalized spacial score (nSPS) is 14.1. The molecule has 1 saturated carbocycles. The molecule has 0 aliphatic heterocycles. The second kappa shape index (κ2) is 15.1. The van der Waals surface area contributed by atoms with Gasteiger partial charge in [0.2, 0.25) is 11.8 Å². The lowest BCUT2D eigenvalue weighted by Gasteiger charge is -2.34. The smallest absolute Gasteiger partial charge is 0.264 e. The van der Waals surface area contributed by atoms with Crippen LogP contribution in [0.4, 0.5) is 10.1 Å². The topological polar surface area (TPSA) is 86.8 Å². The molecule has 11 heteroatoms. The number of carbonyl (C=O) groups excluding carboxylic acids is 2. The average molecular weight is 683 g/mol. The van der Waals surface area contributed by atoms with Crippen LogP contribution in [0.3, 0.4) is 0 Å². The van der Waals surface area contributed by atoms with E-state index in [0.717, 1.165) is 35.6 Å². The van der Waals surface area contributed by atoms with Crippen molar-refractivity contribution in [3.63, 3.8) is 0 Å². The number of rotatable bonds is 12. The van der Waals surface area contributed by atoms with Crippen molar-refractivity contribution in [3.8, 4) is 0 Å². The highest BCUT2D eigenvalue weighted by molar-refractivity contribution is 7.92. The Bertz CT molecular complexity index is 1770. The number of nitrogens with zero attached hydrogens (tertiary/aromatic N) is 2. The molecule has 46 heavy (non-hydrogen) atoms. The predicted molar refractivity (Wildman–Crippen MR) is 179 cm³/mol. The van der Waals surface area contributed by atoms with Crippen LogP contribution in [0.25, 0.3) is 0 Å². The average Bonchev–Trinajstić information content (AvgIpc) is 3.56. The summed E-state index contributed by atoms with van der Waals surface area (Å²) in [6, 6.07) is 25.9. The van der Waals surface area contributed by atoms with Gasteiger partial charge in [-0.05, 0) is 66.9 Å². The molecule has 1 N–H and O–H groups in total. The van der Waals surface area contributed by atoms with E-state index in [1.165, 1.54) is 47.4 Å². The van der Waals surface area contributed by atoms with Crippen LogP contribution in [0.1, 0.15) is 36.8 Å². The van der Waals surface area contributed by atoms with Crippen LogP contribution in [0, 0.1) is 5.82 Å². The number of benzene rings is 4. The summed E-state index contributed by atoms with van der Waals surface area (Å²) < 4.78 is 44.2. The van der Waals surface area contributed by atoms with Crippen molar-refractivity contribution in [3.05, 3.63) is 130 Å². The van der Waals surface area contributed by atoms with Crippen molar-refractivity contribution < 1.29 is 22.4 Å². The Labute approximate surface area is 279 Å². The SMILES string of the molecule is O=C(NC1CCCC1)[C@@H](Cc1ccccc1)N(Cc1ccccc1F)C(=O)CN(c1cccc(Cl)c1)S(=O)(=O)c1ccc(Cl)cc1. The summed E-state index contributed by atoms with van der Waals surface area (Å²) >= 11 is 12.3. The highest BCUT2D eigenvalue weighted by atomic mass is 35.5. The molecular weight excluding hydrogens is 648 g/mol. The van der Waals surface area contributed by atoms with E-state index in [0.29, 0.717) is 5.02 Å². The van der Waals surface area contributed by atoms with Crippen LogP contribution in [-0.4, -0.2) is 43.8 Å². The van der Waals surface area contributed by atoms with Gasteiger partial charge >= 0.3 is 0 Å². The Kier molecular flexibility index (Phi) is 11.0. The Balaban J connectivity index is 1.57. The summed E-state index contributed by atoms with van der Waals surface area (Å²) in [5, 5.41) is 3.71. The first-order valence-electron chi connectivity index (χ1n) is 15.0. The molecule has 1 aliphatic rings. The number of hydrogen-bond acceptors (Lipinski definition) is 4. The fourth-order valence-corrected chi connectivity index (χ4v) is 7.34. The molecule has 1 aliphatic carbocycles. The fourth-order valence-electron chi connectivity index (χ4n) is 5.63. The molecule has 240 valence electrons. The molecular formula is C35H34Cl2FN3O4S. The molecule has 0 aromatic heterocycles. The Morgan fingerprint density at radius 1 is 0.848 bits per heavy atom. The van der Waals surface area contributed by atoms with Gasteiger partial charge in [-0.2, -0.15) is 0 Å². The number of nitrogens with one attached hydrogen (secondary N) is 1. The Morgan fingerprint density at radius 2 is 1.52 bits per heavy atom. The van der Waals surface area contributed by atoms with Gasteiger partial charge in [0, 0.05) is 34.6 Å². The molecule has 2 amide bonds. The fraction of sp³-hybridized carbons (Fsp3) is 0.257. The van der Waals surface area contributed by atoms with Gasteiger partial charge in [0.15, 0.2) is 0 Å². The zero-order valence-electron chi connectivity index (χ0n) is 25.0. The summed E-state index contributed by atoms with van der Waals surface area (Å²) in [5.74, 6) is -1.62. The Hall–Kier alpha value is -3.92. The predicted octanol–water partition coefficient (Wildman–Crippen LogP) is 7.03. The van der Waals surface area contributed by atoms with Gasteiger partial charge in [-0.1, -0.05) is 90.6 Å². The molecule has 0 unspecified atom stereocenters. The third kappa shape index (κ3) is 8.26. The lowest BCUT2D eigenvalue weighted by Crippen LogP contribution is -2.54. The second-order valence-electron chi connectivity index (χ2n) is 11.3. The molecule has 0 radical (unpaired) electrons. The van der Waals surface area contributed by atoms with E-state index in [1.807, 2.05) is 30.3 Å². The summed E-state index contributed by atoms with van der Waals surface area (Å²) in [6.45, 7) is -0.937. The molecule has 0 spiro atoms. The molecule has 0 heterocycles. The summed E-state index contributed by atoms with van der Waals surface area (Å²) in [4.78, 5) is 29.7. The lowest BCUT2D eigenvalue weighted by atomic mass is 10.0. The van der Waals surface area contributed by atoms with Crippen molar-refractivity contribution in [2.45, 2.75) is 55.6 Å². The highest BCUT2D eigenvalue weighted by Gasteiger charge is 2.36. The van der Waals surface area contributed by atoms with Crippen LogP contribution in [0.2, 0.25) is 10.0 Å². The van der Waals surface area contributed by atoms with Gasteiger partial charge in [-0.25, -0.2) is 12.8 Å². The molecule has 0 bridgehead atoms. The Morgan fingerprint density at radius 3 is 2.20 bits per heavy atom. The maximum Gasteiger partial charge on any atom is 0.264 e. The lowest BCUT2D eigenvalue weighted by molar-refractivity contribution is -0.140. The molecule has 5 rings (SSSR count). The monoisotopic (exact) mass is 681 g/mol. The summed E-state index contributed by atoms with van der Waals surface area (Å²) in [6.07, 6.45) is 3.77. The van der Waals surface area contributed by atoms with Crippen molar-refractivity contribution in [2.24, 2.45) is 0 Å². The maximum atomic E-state index is 15.1. The van der Waals surface area contributed by atoms with E-state index in [4.69, 9.17) is 23.2 Å². The van der Waals surface area contributed by atoms with E-state index in [9.17, 15) is 18.0 Å². The van der Waals surface area contributed by atoms with E-state index in [2.05, 4.69) is 5.32 Å². The largest absolute Gasteiger partial charge is 0.352 e. The van der Waals surface area contributed by atoms with Crippen LogP contribution >= 0.6 is 23.2 Å². The van der Waals surface area contributed by atoms with Crippen molar-refractivity contribution in [1.82, 2.24) is 10.2 Å². The van der Waals surface area contributed by atoms with Crippen LogP contribution in [0.15, 0.2) is 108 Å². The summed E-state index contributed by atoms with van der Waals surface area (Å²) in [5.41, 5.74) is 1.13. The number of halogens is 3. The first-order valence-corrected chi connectivity index (χ1v) is 17.2. The zero-order valence-corrected chi connectivity index (χ0v) is 27.3. The van der Waals surface area contributed by atoms with E-state index in [-0.39, 0.29) is 46.1 Å². The number of anilines is 1. The van der Waals surface area contributed by atoms with E-state index in [1.54, 1.807) is 30.3 Å². The van der Waals surface area contributed by atoms with Crippen molar-refractivity contribution in [1.29, 1.82) is 0 Å². The second-order valence-corrected chi connectivity index (χ2v) is 14.0. The van der Waals surface area contributed by atoms with Crippen LogP contribution in [-0.2, 0) is 32.6 Å². The third-order valence-corrected chi connectivity index (χ3v) is 10.3. The molecule has 1 atom stereocenters. The third-order valence-electron chi connectivity index (χ3n) is 8.05.